The lowest BCUT2D eigenvalue weighted by atomic mass is 10.1. The van der Waals surface area contributed by atoms with Crippen LogP contribution >= 0.6 is 0 Å². The zero-order valence-electron chi connectivity index (χ0n) is 13.9. The molecule has 0 aromatic heterocycles. The van der Waals surface area contributed by atoms with Gasteiger partial charge in [0.2, 0.25) is 15.9 Å². The third-order valence-electron chi connectivity index (χ3n) is 3.50. The first-order valence-corrected chi connectivity index (χ1v) is 9.30. The van der Waals surface area contributed by atoms with Gasteiger partial charge in [-0.25, -0.2) is 13.1 Å². The van der Waals surface area contributed by atoms with E-state index in [2.05, 4.69) is 10.0 Å². The molecule has 0 aliphatic heterocycles. The molecule has 0 heterocycles. The Morgan fingerprint density at radius 3 is 2.38 bits per heavy atom. The van der Waals surface area contributed by atoms with Crippen molar-refractivity contribution in [3.63, 3.8) is 0 Å². The minimum atomic E-state index is -3.46. The fraction of sp³-hybridized carbons (Fsp3) is 0.278. The van der Waals surface area contributed by atoms with E-state index in [1.54, 1.807) is 19.1 Å². The standard InChI is InChI=1S/C18H22N2O3S/c1-3-20-24(22,23)17-9-7-15(8-10-17)12-18(21)19-13-16-6-4-5-14(2)11-16/h4-11,20H,3,12-13H2,1-2H3,(H,19,21). The van der Waals surface area contributed by atoms with Gasteiger partial charge in [0, 0.05) is 13.1 Å². The number of rotatable bonds is 7. The third-order valence-corrected chi connectivity index (χ3v) is 5.07. The zero-order chi connectivity index (χ0) is 17.6. The maximum atomic E-state index is 12.0. The molecule has 2 aromatic carbocycles. The number of aryl methyl sites for hydroxylation is 1. The number of carbonyl (C=O) groups excluding carboxylic acids is 1. The molecule has 0 fully saturated rings. The van der Waals surface area contributed by atoms with Crippen LogP contribution in [0.4, 0.5) is 0 Å². The highest BCUT2D eigenvalue weighted by molar-refractivity contribution is 7.89. The number of hydrogen-bond donors (Lipinski definition) is 2. The minimum absolute atomic E-state index is 0.0983. The van der Waals surface area contributed by atoms with Crippen molar-refractivity contribution < 1.29 is 13.2 Å². The summed E-state index contributed by atoms with van der Waals surface area (Å²) in [6.45, 7) is 4.55. The van der Waals surface area contributed by atoms with Crippen LogP contribution < -0.4 is 10.0 Å². The van der Waals surface area contributed by atoms with Gasteiger partial charge in [-0.2, -0.15) is 0 Å². The minimum Gasteiger partial charge on any atom is -0.352 e. The Balaban J connectivity index is 1.92. The zero-order valence-corrected chi connectivity index (χ0v) is 14.7. The molecule has 0 aliphatic rings. The average Bonchev–Trinajstić information content (AvgIpc) is 2.53. The van der Waals surface area contributed by atoms with Gasteiger partial charge in [0.05, 0.1) is 11.3 Å². The monoisotopic (exact) mass is 346 g/mol. The van der Waals surface area contributed by atoms with Crippen molar-refractivity contribution in [2.24, 2.45) is 0 Å². The van der Waals surface area contributed by atoms with E-state index in [0.29, 0.717) is 13.1 Å². The van der Waals surface area contributed by atoms with Gasteiger partial charge < -0.3 is 5.32 Å². The molecule has 0 saturated heterocycles. The first kappa shape index (κ1) is 18.2. The van der Waals surface area contributed by atoms with E-state index in [0.717, 1.165) is 16.7 Å². The summed E-state index contributed by atoms with van der Waals surface area (Å²) in [7, 11) is -3.46. The van der Waals surface area contributed by atoms with Crippen molar-refractivity contribution in [3.05, 3.63) is 65.2 Å². The second-order valence-corrected chi connectivity index (χ2v) is 7.35. The van der Waals surface area contributed by atoms with Crippen LogP contribution in [0.5, 0.6) is 0 Å². The van der Waals surface area contributed by atoms with Gasteiger partial charge in [0.15, 0.2) is 0 Å². The van der Waals surface area contributed by atoms with Crippen molar-refractivity contribution >= 4 is 15.9 Å². The molecular formula is C18H22N2O3S. The summed E-state index contributed by atoms with van der Waals surface area (Å²) < 4.78 is 26.2. The molecule has 0 bridgehead atoms. The van der Waals surface area contributed by atoms with E-state index < -0.39 is 10.0 Å². The predicted octanol–water partition coefficient (Wildman–Crippen LogP) is 2.15. The van der Waals surface area contributed by atoms with Crippen molar-refractivity contribution in [2.75, 3.05) is 6.54 Å². The van der Waals surface area contributed by atoms with Crippen LogP contribution in [0, 0.1) is 6.92 Å². The lowest BCUT2D eigenvalue weighted by Gasteiger charge is -2.08. The van der Waals surface area contributed by atoms with E-state index in [9.17, 15) is 13.2 Å². The highest BCUT2D eigenvalue weighted by Crippen LogP contribution is 2.11. The predicted molar refractivity (Wildman–Crippen MR) is 94.0 cm³/mol. The summed E-state index contributed by atoms with van der Waals surface area (Å²) in [6.07, 6.45) is 0.216. The number of hydrogen-bond acceptors (Lipinski definition) is 3. The van der Waals surface area contributed by atoms with Crippen molar-refractivity contribution in [1.29, 1.82) is 0 Å². The quantitative estimate of drug-likeness (QED) is 0.807. The third kappa shape index (κ3) is 5.18. The fourth-order valence-electron chi connectivity index (χ4n) is 2.33. The lowest BCUT2D eigenvalue weighted by Crippen LogP contribution is -2.25. The molecule has 0 radical (unpaired) electrons. The Morgan fingerprint density at radius 2 is 1.75 bits per heavy atom. The van der Waals surface area contributed by atoms with E-state index in [1.807, 2.05) is 31.2 Å². The Bertz CT molecular complexity index is 799. The van der Waals surface area contributed by atoms with Gasteiger partial charge in [-0.05, 0) is 30.2 Å². The molecule has 2 rings (SSSR count). The average molecular weight is 346 g/mol. The Labute approximate surface area is 143 Å². The highest BCUT2D eigenvalue weighted by Gasteiger charge is 2.12. The van der Waals surface area contributed by atoms with E-state index in [1.165, 1.54) is 12.1 Å². The van der Waals surface area contributed by atoms with Crippen LogP contribution in [-0.2, 0) is 27.8 Å². The summed E-state index contributed by atoms with van der Waals surface area (Å²) in [4.78, 5) is 12.2. The molecule has 1 amide bonds. The summed E-state index contributed by atoms with van der Waals surface area (Å²) in [5.74, 6) is -0.0983. The topological polar surface area (TPSA) is 75.3 Å². The smallest absolute Gasteiger partial charge is 0.240 e. The molecule has 0 unspecified atom stereocenters. The van der Waals surface area contributed by atoms with Crippen LogP contribution in [0.25, 0.3) is 0 Å². The second kappa shape index (κ2) is 8.08. The summed E-state index contributed by atoms with van der Waals surface area (Å²) >= 11 is 0. The Kier molecular flexibility index (Phi) is 6.11. The summed E-state index contributed by atoms with van der Waals surface area (Å²) in [5, 5.41) is 2.87. The van der Waals surface area contributed by atoms with Crippen molar-refractivity contribution in [1.82, 2.24) is 10.0 Å². The fourth-order valence-corrected chi connectivity index (χ4v) is 3.37. The summed E-state index contributed by atoms with van der Waals surface area (Å²) in [5.41, 5.74) is 2.97. The van der Waals surface area contributed by atoms with Gasteiger partial charge >= 0.3 is 0 Å². The SMILES string of the molecule is CCNS(=O)(=O)c1ccc(CC(=O)NCc2cccc(C)c2)cc1. The first-order chi connectivity index (χ1) is 11.4. The lowest BCUT2D eigenvalue weighted by molar-refractivity contribution is -0.120. The molecular weight excluding hydrogens is 324 g/mol. The number of benzene rings is 2. The summed E-state index contributed by atoms with van der Waals surface area (Å²) in [6, 6.07) is 14.3. The molecule has 0 saturated carbocycles. The van der Waals surface area contributed by atoms with E-state index in [-0.39, 0.29) is 17.2 Å². The maximum Gasteiger partial charge on any atom is 0.240 e. The number of sulfonamides is 1. The normalized spacial score (nSPS) is 11.2. The van der Waals surface area contributed by atoms with E-state index in [4.69, 9.17) is 0 Å². The number of nitrogens with one attached hydrogen (secondary N) is 2. The Hall–Kier alpha value is -2.18. The number of amides is 1. The largest absolute Gasteiger partial charge is 0.352 e. The van der Waals surface area contributed by atoms with Crippen LogP contribution in [0.2, 0.25) is 0 Å². The van der Waals surface area contributed by atoms with Gasteiger partial charge in [0.1, 0.15) is 0 Å². The van der Waals surface area contributed by atoms with E-state index >= 15 is 0 Å². The van der Waals surface area contributed by atoms with Gasteiger partial charge in [0.25, 0.3) is 0 Å². The van der Waals surface area contributed by atoms with Crippen molar-refractivity contribution in [2.45, 2.75) is 31.7 Å². The van der Waals surface area contributed by atoms with Gasteiger partial charge in [-0.3, -0.25) is 4.79 Å². The van der Waals surface area contributed by atoms with Crippen LogP contribution in [0.1, 0.15) is 23.6 Å². The van der Waals surface area contributed by atoms with Crippen molar-refractivity contribution in [3.8, 4) is 0 Å². The van der Waals surface area contributed by atoms with Crippen LogP contribution in [-0.4, -0.2) is 20.9 Å². The maximum absolute atomic E-state index is 12.0. The van der Waals surface area contributed by atoms with Gasteiger partial charge in [-0.15, -0.1) is 0 Å². The molecule has 128 valence electrons. The molecule has 0 atom stereocenters. The molecule has 2 N–H and O–H groups in total. The number of carbonyl (C=O) groups is 1. The van der Waals surface area contributed by atoms with Gasteiger partial charge in [-0.1, -0.05) is 48.9 Å². The van der Waals surface area contributed by atoms with Crippen LogP contribution in [0.3, 0.4) is 0 Å². The molecule has 5 nitrogen and oxygen atoms in total. The highest BCUT2D eigenvalue weighted by atomic mass is 32.2. The molecule has 6 heteroatoms. The first-order valence-electron chi connectivity index (χ1n) is 7.81. The second-order valence-electron chi connectivity index (χ2n) is 5.59. The molecule has 0 aliphatic carbocycles. The Morgan fingerprint density at radius 1 is 1.04 bits per heavy atom. The molecule has 24 heavy (non-hydrogen) atoms. The van der Waals surface area contributed by atoms with Crippen LogP contribution in [0.15, 0.2) is 53.4 Å². The molecule has 2 aromatic rings. The molecule has 0 spiro atoms.